The first-order chi connectivity index (χ1) is 14.0. The van der Waals surface area contributed by atoms with Gasteiger partial charge in [0.1, 0.15) is 5.75 Å². The molecule has 0 saturated heterocycles. The average molecular weight is 518 g/mol. The van der Waals surface area contributed by atoms with Crippen molar-refractivity contribution in [1.29, 1.82) is 0 Å². The Hall–Kier alpha value is -2.64. The molecule has 0 spiro atoms. The van der Waals surface area contributed by atoms with Crippen LogP contribution in [0, 0.1) is 0 Å². The van der Waals surface area contributed by atoms with E-state index in [-0.39, 0.29) is 24.8 Å². The third kappa shape index (κ3) is 6.73. The number of benzene rings is 3. The van der Waals surface area contributed by atoms with Crippen molar-refractivity contribution in [2.24, 2.45) is 0 Å². The monoisotopic (exact) mass is 516 g/mol. The molecule has 29 heavy (non-hydrogen) atoms. The Kier molecular flexibility index (Phi) is 7.43. The summed E-state index contributed by atoms with van der Waals surface area (Å²) in [5.41, 5.74) is 2.12. The molecule has 0 aliphatic carbocycles. The van der Waals surface area contributed by atoms with Crippen molar-refractivity contribution in [3.05, 3.63) is 87.3 Å². The van der Waals surface area contributed by atoms with E-state index in [1.807, 2.05) is 42.5 Å². The van der Waals surface area contributed by atoms with Crippen molar-refractivity contribution in [1.82, 2.24) is 0 Å². The quantitative estimate of drug-likeness (QED) is 0.440. The van der Waals surface area contributed by atoms with E-state index in [0.29, 0.717) is 17.1 Å². The van der Waals surface area contributed by atoms with Crippen LogP contribution in [0.15, 0.2) is 81.7 Å². The van der Waals surface area contributed by atoms with Gasteiger partial charge in [0.2, 0.25) is 5.91 Å². The second-order valence-corrected chi connectivity index (χ2v) is 7.97. The van der Waals surface area contributed by atoms with Gasteiger partial charge in [-0.2, -0.15) is 0 Å². The number of hydrogen-bond acceptors (Lipinski definition) is 3. The number of ether oxygens (including phenoxy) is 1. The van der Waals surface area contributed by atoms with E-state index in [4.69, 9.17) is 4.74 Å². The molecule has 3 rings (SSSR count). The number of anilines is 2. The lowest BCUT2D eigenvalue weighted by molar-refractivity contribution is -0.118. The molecular weight excluding hydrogens is 500 g/mol. The first kappa shape index (κ1) is 21.1. The summed E-state index contributed by atoms with van der Waals surface area (Å²) >= 11 is 6.76. The second-order valence-electron chi connectivity index (χ2n) is 6.20. The van der Waals surface area contributed by atoms with Gasteiger partial charge in [0.15, 0.2) is 6.61 Å². The Morgan fingerprint density at radius 2 is 1.48 bits per heavy atom. The fraction of sp³-hybridized carbons (Fsp3) is 0.0909. The molecule has 0 fully saturated rings. The summed E-state index contributed by atoms with van der Waals surface area (Å²) in [6, 6.07) is 21.9. The van der Waals surface area contributed by atoms with Gasteiger partial charge in [-0.15, -0.1) is 0 Å². The number of rotatable bonds is 7. The van der Waals surface area contributed by atoms with Crippen LogP contribution in [-0.2, 0) is 16.0 Å². The number of nitrogens with one attached hydrogen (secondary N) is 2. The molecule has 0 heterocycles. The maximum atomic E-state index is 12.2. The lowest BCUT2D eigenvalue weighted by atomic mass is 10.1. The molecule has 0 unspecified atom stereocenters. The molecule has 7 heteroatoms. The molecule has 5 nitrogen and oxygen atoms in total. The van der Waals surface area contributed by atoms with Crippen molar-refractivity contribution in [3.8, 4) is 5.75 Å². The molecule has 3 aromatic rings. The van der Waals surface area contributed by atoms with Crippen LogP contribution >= 0.6 is 31.9 Å². The highest BCUT2D eigenvalue weighted by Gasteiger charge is 2.08. The van der Waals surface area contributed by atoms with Gasteiger partial charge < -0.3 is 15.4 Å². The molecule has 0 aliphatic heterocycles. The molecule has 3 aromatic carbocycles. The highest BCUT2D eigenvalue weighted by Crippen LogP contribution is 2.28. The molecule has 0 aromatic heterocycles. The molecule has 0 radical (unpaired) electrons. The van der Waals surface area contributed by atoms with Gasteiger partial charge in [-0.1, -0.05) is 52.3 Å². The lowest BCUT2D eigenvalue weighted by Crippen LogP contribution is -2.20. The number of halogens is 2. The predicted octanol–water partition coefficient (Wildman–Crippen LogP) is 5.41. The van der Waals surface area contributed by atoms with Crippen LogP contribution in [-0.4, -0.2) is 18.4 Å². The topological polar surface area (TPSA) is 67.4 Å². The van der Waals surface area contributed by atoms with Crippen molar-refractivity contribution in [3.63, 3.8) is 0 Å². The molecular formula is C22H18Br2N2O3. The highest BCUT2D eigenvalue weighted by molar-refractivity contribution is 9.11. The zero-order valence-electron chi connectivity index (χ0n) is 15.3. The minimum Gasteiger partial charge on any atom is -0.483 e. The van der Waals surface area contributed by atoms with Crippen molar-refractivity contribution < 1.29 is 14.3 Å². The summed E-state index contributed by atoms with van der Waals surface area (Å²) in [6.07, 6.45) is 0.285. The van der Waals surface area contributed by atoms with E-state index in [0.717, 1.165) is 14.5 Å². The predicted molar refractivity (Wildman–Crippen MR) is 121 cm³/mol. The smallest absolute Gasteiger partial charge is 0.262 e. The van der Waals surface area contributed by atoms with Crippen LogP contribution in [0.5, 0.6) is 5.75 Å². The second kappa shape index (κ2) is 10.2. The number of carbonyl (C=O) groups is 2. The molecule has 0 atom stereocenters. The zero-order valence-corrected chi connectivity index (χ0v) is 18.5. The van der Waals surface area contributed by atoms with Crippen LogP contribution in [0.4, 0.5) is 11.4 Å². The van der Waals surface area contributed by atoms with Crippen molar-refractivity contribution in [2.75, 3.05) is 17.2 Å². The van der Waals surface area contributed by atoms with E-state index in [1.54, 1.807) is 30.3 Å². The van der Waals surface area contributed by atoms with Crippen LogP contribution in [0.2, 0.25) is 0 Å². The van der Waals surface area contributed by atoms with Gasteiger partial charge in [-0.3, -0.25) is 9.59 Å². The number of carbonyl (C=O) groups excluding carboxylic acids is 2. The number of amides is 2. The van der Waals surface area contributed by atoms with Crippen LogP contribution in [0.3, 0.4) is 0 Å². The Labute approximate surface area is 185 Å². The maximum absolute atomic E-state index is 12.2. The Morgan fingerprint density at radius 1 is 0.793 bits per heavy atom. The van der Waals surface area contributed by atoms with Crippen molar-refractivity contribution in [2.45, 2.75) is 6.42 Å². The minimum absolute atomic E-state index is 0.122. The molecule has 148 valence electrons. The zero-order chi connectivity index (χ0) is 20.6. The lowest BCUT2D eigenvalue weighted by Gasteiger charge is -2.11. The summed E-state index contributed by atoms with van der Waals surface area (Å²) in [7, 11) is 0. The SMILES string of the molecule is O=C(COc1ccc(Br)cc1Br)Nc1cccc(NC(=O)Cc2ccccc2)c1. The average Bonchev–Trinajstić information content (AvgIpc) is 2.68. The van der Waals surface area contributed by atoms with Crippen molar-refractivity contribution >= 4 is 55.0 Å². The normalized spacial score (nSPS) is 10.3. The standard InChI is InChI=1S/C22H18Br2N2O3/c23-16-9-10-20(19(24)12-16)29-14-22(28)26-18-8-4-7-17(13-18)25-21(27)11-15-5-2-1-3-6-15/h1-10,12-13H,11,14H2,(H,25,27)(H,26,28). The summed E-state index contributed by atoms with van der Waals surface area (Å²) < 4.78 is 7.20. The molecule has 0 aliphatic rings. The first-order valence-electron chi connectivity index (χ1n) is 8.81. The van der Waals surface area contributed by atoms with E-state index < -0.39 is 0 Å². The van der Waals surface area contributed by atoms with E-state index in [2.05, 4.69) is 42.5 Å². The highest BCUT2D eigenvalue weighted by atomic mass is 79.9. The summed E-state index contributed by atoms with van der Waals surface area (Å²) in [4.78, 5) is 24.4. The van der Waals surface area contributed by atoms with Gasteiger partial charge in [-0.05, 0) is 57.9 Å². The molecule has 2 N–H and O–H groups in total. The first-order valence-corrected chi connectivity index (χ1v) is 10.4. The van der Waals surface area contributed by atoms with Crippen LogP contribution in [0.25, 0.3) is 0 Å². The van der Waals surface area contributed by atoms with E-state index in [1.165, 1.54) is 0 Å². The number of hydrogen-bond donors (Lipinski definition) is 2. The summed E-state index contributed by atoms with van der Waals surface area (Å²) in [6.45, 7) is -0.134. The fourth-order valence-electron chi connectivity index (χ4n) is 2.59. The Balaban J connectivity index is 1.53. The van der Waals surface area contributed by atoms with E-state index >= 15 is 0 Å². The van der Waals surface area contributed by atoms with E-state index in [9.17, 15) is 9.59 Å². The van der Waals surface area contributed by atoms with Gasteiger partial charge in [-0.25, -0.2) is 0 Å². The third-order valence-electron chi connectivity index (χ3n) is 3.89. The van der Waals surface area contributed by atoms with Crippen LogP contribution in [0.1, 0.15) is 5.56 Å². The van der Waals surface area contributed by atoms with Gasteiger partial charge in [0.25, 0.3) is 5.91 Å². The third-order valence-corrected chi connectivity index (χ3v) is 5.00. The Bertz CT molecular complexity index is 1010. The van der Waals surface area contributed by atoms with Gasteiger partial charge in [0.05, 0.1) is 10.9 Å². The molecule has 2 amide bonds. The minimum atomic E-state index is -0.299. The summed E-state index contributed by atoms with van der Waals surface area (Å²) in [5.74, 6) is 0.154. The Morgan fingerprint density at radius 3 is 2.17 bits per heavy atom. The van der Waals surface area contributed by atoms with Gasteiger partial charge in [0, 0.05) is 15.8 Å². The van der Waals surface area contributed by atoms with Gasteiger partial charge >= 0.3 is 0 Å². The molecule has 0 bridgehead atoms. The largest absolute Gasteiger partial charge is 0.483 e. The molecule has 0 saturated carbocycles. The van der Waals surface area contributed by atoms with Crippen LogP contribution < -0.4 is 15.4 Å². The maximum Gasteiger partial charge on any atom is 0.262 e. The fourth-order valence-corrected chi connectivity index (χ4v) is 3.76. The summed E-state index contributed by atoms with van der Waals surface area (Å²) in [5, 5.41) is 5.61.